The lowest BCUT2D eigenvalue weighted by Gasteiger charge is -2.33. The van der Waals surface area contributed by atoms with E-state index in [4.69, 9.17) is 0 Å². The molecule has 0 aromatic heterocycles. The van der Waals surface area contributed by atoms with Gasteiger partial charge in [-0.2, -0.15) is 0 Å². The average molecular weight is 292 g/mol. The maximum atomic E-state index is 14.2. The molecule has 3 aliphatic heterocycles. The molecule has 3 saturated heterocycles. The number of halogens is 2. The van der Waals surface area contributed by atoms with Crippen LogP contribution in [-0.4, -0.2) is 41.4 Å². The number of hydrogen-bond donors (Lipinski definition) is 0. The summed E-state index contributed by atoms with van der Waals surface area (Å²) >= 11 is 0. The standard InChI is InChI=1S/C16H18F2N2O/c1-19-9-10-8-13(11-4-2-5-12(17)14(11)18)20-7-3-6-16(10,20)15(19)21/h2,4-5,10,13H,3,6-9H2,1H3/t10-,13-,16-/m0/s1. The molecule has 3 atom stereocenters. The van der Waals surface area contributed by atoms with Crippen LogP contribution in [0.25, 0.3) is 0 Å². The van der Waals surface area contributed by atoms with Crippen molar-refractivity contribution in [3.8, 4) is 0 Å². The molecular weight excluding hydrogens is 274 g/mol. The molecule has 3 heterocycles. The molecule has 1 aromatic carbocycles. The minimum absolute atomic E-state index is 0.157. The van der Waals surface area contributed by atoms with E-state index < -0.39 is 17.2 Å². The molecule has 5 heteroatoms. The van der Waals surface area contributed by atoms with Crippen molar-refractivity contribution in [3.05, 3.63) is 35.4 Å². The lowest BCUT2D eigenvalue weighted by Crippen LogP contribution is -2.49. The van der Waals surface area contributed by atoms with E-state index >= 15 is 0 Å². The summed E-state index contributed by atoms with van der Waals surface area (Å²) in [7, 11) is 1.84. The molecule has 3 fully saturated rings. The molecule has 1 aromatic rings. The second-order valence-corrected chi connectivity index (χ2v) is 6.50. The van der Waals surface area contributed by atoms with Gasteiger partial charge < -0.3 is 4.90 Å². The van der Waals surface area contributed by atoms with E-state index in [1.54, 1.807) is 17.0 Å². The Morgan fingerprint density at radius 3 is 2.95 bits per heavy atom. The average Bonchev–Trinajstić information content (AvgIpc) is 3.07. The number of carbonyl (C=O) groups excluding carboxylic acids is 1. The first-order chi connectivity index (χ1) is 10.1. The Labute approximate surface area is 122 Å². The first-order valence-electron chi connectivity index (χ1n) is 7.52. The lowest BCUT2D eigenvalue weighted by molar-refractivity contribution is -0.135. The Bertz CT molecular complexity index is 620. The number of nitrogens with zero attached hydrogens (tertiary/aromatic N) is 2. The molecular formula is C16H18F2N2O. The van der Waals surface area contributed by atoms with Crippen molar-refractivity contribution < 1.29 is 13.6 Å². The zero-order valence-electron chi connectivity index (χ0n) is 12.0. The Hall–Kier alpha value is -1.49. The number of amides is 1. The fourth-order valence-electron chi connectivity index (χ4n) is 4.77. The van der Waals surface area contributed by atoms with Crippen LogP contribution in [0.2, 0.25) is 0 Å². The lowest BCUT2D eigenvalue weighted by atomic mass is 9.85. The number of carbonyl (C=O) groups is 1. The van der Waals surface area contributed by atoms with E-state index in [1.165, 1.54) is 0 Å². The Morgan fingerprint density at radius 2 is 2.14 bits per heavy atom. The molecule has 0 aliphatic carbocycles. The fraction of sp³-hybridized carbons (Fsp3) is 0.562. The van der Waals surface area contributed by atoms with Crippen LogP contribution in [0.5, 0.6) is 0 Å². The molecule has 0 unspecified atom stereocenters. The SMILES string of the molecule is CN1C[C@@H]2C[C@@H](c3cccc(F)c3F)N3CCC[C@@]23C1=O. The molecule has 3 nitrogen and oxygen atoms in total. The van der Waals surface area contributed by atoms with E-state index in [0.717, 1.165) is 38.4 Å². The van der Waals surface area contributed by atoms with Gasteiger partial charge >= 0.3 is 0 Å². The monoisotopic (exact) mass is 292 g/mol. The van der Waals surface area contributed by atoms with Gasteiger partial charge in [-0.1, -0.05) is 12.1 Å². The van der Waals surface area contributed by atoms with Crippen molar-refractivity contribution in [3.63, 3.8) is 0 Å². The van der Waals surface area contributed by atoms with Gasteiger partial charge in [0.15, 0.2) is 11.6 Å². The van der Waals surface area contributed by atoms with Gasteiger partial charge in [0.05, 0.1) is 0 Å². The predicted molar refractivity (Wildman–Crippen MR) is 73.5 cm³/mol. The third kappa shape index (κ3) is 1.53. The number of benzene rings is 1. The van der Waals surface area contributed by atoms with E-state index in [1.807, 2.05) is 7.05 Å². The molecule has 0 bridgehead atoms. The maximum Gasteiger partial charge on any atom is 0.243 e. The Balaban J connectivity index is 1.78. The van der Waals surface area contributed by atoms with Crippen LogP contribution in [0.1, 0.15) is 30.9 Å². The third-order valence-corrected chi connectivity index (χ3v) is 5.58. The number of rotatable bonds is 1. The van der Waals surface area contributed by atoms with Crippen molar-refractivity contribution in [2.24, 2.45) is 5.92 Å². The largest absolute Gasteiger partial charge is 0.344 e. The van der Waals surface area contributed by atoms with Crippen LogP contribution in [0, 0.1) is 17.6 Å². The minimum atomic E-state index is -0.804. The summed E-state index contributed by atoms with van der Waals surface area (Å²) < 4.78 is 27.7. The highest BCUT2D eigenvalue weighted by Gasteiger charge is 2.64. The Morgan fingerprint density at radius 1 is 1.33 bits per heavy atom. The van der Waals surface area contributed by atoms with E-state index in [0.29, 0.717) is 5.56 Å². The van der Waals surface area contributed by atoms with Crippen molar-refractivity contribution in [1.82, 2.24) is 9.80 Å². The van der Waals surface area contributed by atoms with E-state index in [-0.39, 0.29) is 17.9 Å². The molecule has 0 saturated carbocycles. The minimum Gasteiger partial charge on any atom is -0.344 e. The zero-order valence-corrected chi connectivity index (χ0v) is 12.0. The van der Waals surface area contributed by atoms with Gasteiger partial charge in [0.25, 0.3) is 0 Å². The second-order valence-electron chi connectivity index (χ2n) is 6.50. The maximum absolute atomic E-state index is 14.2. The summed E-state index contributed by atoms with van der Waals surface area (Å²) in [5.74, 6) is -1.18. The number of likely N-dealkylation sites (N-methyl/N-ethyl adjacent to an activating group) is 1. The van der Waals surface area contributed by atoms with Crippen LogP contribution in [0.15, 0.2) is 18.2 Å². The highest BCUT2D eigenvalue weighted by atomic mass is 19.2. The van der Waals surface area contributed by atoms with Gasteiger partial charge in [0.1, 0.15) is 5.54 Å². The van der Waals surface area contributed by atoms with E-state index in [2.05, 4.69) is 4.90 Å². The molecule has 0 radical (unpaired) electrons. The molecule has 4 rings (SSSR count). The van der Waals surface area contributed by atoms with Crippen molar-refractivity contribution in [2.75, 3.05) is 20.1 Å². The summed E-state index contributed by atoms with van der Waals surface area (Å²) in [5, 5.41) is 0. The summed E-state index contributed by atoms with van der Waals surface area (Å²) in [4.78, 5) is 16.6. The molecule has 0 N–H and O–H groups in total. The van der Waals surface area contributed by atoms with Crippen molar-refractivity contribution in [2.45, 2.75) is 30.8 Å². The van der Waals surface area contributed by atoms with Crippen molar-refractivity contribution in [1.29, 1.82) is 0 Å². The topological polar surface area (TPSA) is 23.6 Å². The fourth-order valence-corrected chi connectivity index (χ4v) is 4.77. The highest BCUT2D eigenvalue weighted by molar-refractivity contribution is 5.90. The summed E-state index contributed by atoms with van der Waals surface area (Å²) in [6, 6.07) is 4.18. The molecule has 1 amide bonds. The summed E-state index contributed by atoms with van der Waals surface area (Å²) in [6.45, 7) is 1.51. The molecule has 21 heavy (non-hydrogen) atoms. The molecule has 112 valence electrons. The van der Waals surface area contributed by atoms with E-state index in [9.17, 15) is 13.6 Å². The first kappa shape index (κ1) is 13.2. The second kappa shape index (κ2) is 4.26. The number of hydrogen-bond acceptors (Lipinski definition) is 2. The van der Waals surface area contributed by atoms with Crippen LogP contribution in [0.3, 0.4) is 0 Å². The van der Waals surface area contributed by atoms with Gasteiger partial charge in [-0.3, -0.25) is 9.69 Å². The highest BCUT2D eigenvalue weighted by Crippen LogP contribution is 2.55. The quantitative estimate of drug-likeness (QED) is 0.793. The normalized spacial score (nSPS) is 35.4. The van der Waals surface area contributed by atoms with Crippen LogP contribution >= 0.6 is 0 Å². The summed E-state index contributed by atoms with van der Waals surface area (Å²) in [5.41, 5.74) is -0.0563. The van der Waals surface area contributed by atoms with Crippen LogP contribution in [-0.2, 0) is 4.79 Å². The zero-order chi connectivity index (χ0) is 14.8. The first-order valence-corrected chi connectivity index (χ1v) is 7.52. The third-order valence-electron chi connectivity index (χ3n) is 5.58. The van der Waals surface area contributed by atoms with Gasteiger partial charge in [0, 0.05) is 31.1 Å². The van der Waals surface area contributed by atoms with Gasteiger partial charge in [0.2, 0.25) is 5.91 Å². The Kier molecular flexibility index (Phi) is 2.67. The van der Waals surface area contributed by atoms with Crippen LogP contribution in [0.4, 0.5) is 8.78 Å². The molecule has 3 aliphatic rings. The van der Waals surface area contributed by atoms with Gasteiger partial charge in [-0.05, 0) is 31.9 Å². The van der Waals surface area contributed by atoms with Crippen LogP contribution < -0.4 is 0 Å². The number of likely N-dealkylation sites (tertiary alicyclic amines) is 1. The predicted octanol–water partition coefficient (Wildman–Crippen LogP) is 2.33. The molecule has 1 spiro atoms. The summed E-state index contributed by atoms with van der Waals surface area (Å²) in [6.07, 6.45) is 2.52. The van der Waals surface area contributed by atoms with Gasteiger partial charge in [-0.15, -0.1) is 0 Å². The van der Waals surface area contributed by atoms with Crippen molar-refractivity contribution >= 4 is 5.91 Å². The van der Waals surface area contributed by atoms with Gasteiger partial charge in [-0.25, -0.2) is 8.78 Å². The smallest absolute Gasteiger partial charge is 0.243 e.